The van der Waals surface area contributed by atoms with E-state index in [0.717, 1.165) is 0 Å². The Hall–Kier alpha value is -2.12. The van der Waals surface area contributed by atoms with E-state index in [1.807, 2.05) is 5.38 Å². The van der Waals surface area contributed by atoms with Gasteiger partial charge < -0.3 is 15.5 Å². The molecule has 0 saturated carbocycles. The number of benzene rings is 1. The van der Waals surface area contributed by atoms with Crippen molar-refractivity contribution in [1.82, 2.24) is 9.88 Å². The second-order valence-electron chi connectivity index (χ2n) is 5.52. The topological polar surface area (TPSA) is 74.3 Å². The average Bonchev–Trinajstić information content (AvgIpc) is 3.10. The summed E-state index contributed by atoms with van der Waals surface area (Å²) in [5.41, 5.74) is 0.702. The van der Waals surface area contributed by atoms with Gasteiger partial charge in [-0.1, -0.05) is 11.6 Å². The summed E-state index contributed by atoms with van der Waals surface area (Å²) in [4.78, 5) is 30.2. The van der Waals surface area contributed by atoms with Gasteiger partial charge in [0.25, 0.3) is 0 Å². The minimum Gasteiger partial charge on any atom is -0.324 e. The Kier molecular flexibility index (Phi) is 5.32. The van der Waals surface area contributed by atoms with Crippen molar-refractivity contribution >= 4 is 45.7 Å². The molecule has 1 aliphatic heterocycles. The lowest BCUT2D eigenvalue weighted by molar-refractivity contribution is -0.121. The number of likely N-dealkylation sites (tertiary alicyclic amines) is 1. The van der Waals surface area contributed by atoms with E-state index in [4.69, 9.17) is 11.6 Å². The maximum absolute atomic E-state index is 12.3. The lowest BCUT2D eigenvalue weighted by Gasteiger charge is -2.31. The number of hydrogen-bond acceptors (Lipinski definition) is 4. The van der Waals surface area contributed by atoms with Crippen LogP contribution in [-0.2, 0) is 4.79 Å². The van der Waals surface area contributed by atoms with Gasteiger partial charge in [0.15, 0.2) is 5.13 Å². The average molecular weight is 365 g/mol. The van der Waals surface area contributed by atoms with Crippen LogP contribution in [-0.4, -0.2) is 34.9 Å². The standard InChI is InChI=1S/C16H17ClN4O2S/c17-12-1-3-13(4-2-12)19-16(23)21-8-5-11(6-9-21)14(22)20-15-18-7-10-24-15/h1-4,7,10-11H,5-6,8-9H2,(H,19,23)(H,18,20,22). The van der Waals surface area contributed by atoms with E-state index in [9.17, 15) is 9.59 Å². The molecular weight excluding hydrogens is 348 g/mol. The van der Waals surface area contributed by atoms with Gasteiger partial charge in [-0.05, 0) is 37.1 Å². The third kappa shape index (κ3) is 4.24. The van der Waals surface area contributed by atoms with Crippen LogP contribution in [0.15, 0.2) is 35.8 Å². The van der Waals surface area contributed by atoms with Gasteiger partial charge in [-0.25, -0.2) is 9.78 Å². The van der Waals surface area contributed by atoms with Crippen LogP contribution >= 0.6 is 22.9 Å². The third-order valence-electron chi connectivity index (χ3n) is 3.91. The molecule has 126 valence electrons. The number of rotatable bonds is 3. The molecule has 1 aromatic heterocycles. The summed E-state index contributed by atoms with van der Waals surface area (Å²) < 4.78 is 0. The first-order valence-corrected chi connectivity index (χ1v) is 8.89. The normalized spacial score (nSPS) is 15.1. The van der Waals surface area contributed by atoms with Crippen LogP contribution in [0.2, 0.25) is 5.02 Å². The molecule has 0 spiro atoms. The lowest BCUT2D eigenvalue weighted by atomic mass is 9.96. The van der Waals surface area contributed by atoms with Gasteiger partial charge in [-0.15, -0.1) is 11.3 Å². The minimum absolute atomic E-state index is 0.0253. The highest BCUT2D eigenvalue weighted by atomic mass is 35.5. The Balaban J connectivity index is 1.48. The van der Waals surface area contributed by atoms with E-state index in [2.05, 4.69) is 15.6 Å². The number of aromatic nitrogens is 1. The summed E-state index contributed by atoms with van der Waals surface area (Å²) in [6.45, 7) is 1.10. The lowest BCUT2D eigenvalue weighted by Crippen LogP contribution is -2.43. The molecule has 24 heavy (non-hydrogen) atoms. The number of nitrogens with one attached hydrogen (secondary N) is 2. The molecule has 0 atom stereocenters. The Labute approximate surface area is 148 Å². The Morgan fingerprint density at radius 3 is 2.50 bits per heavy atom. The molecule has 1 aromatic carbocycles. The number of halogens is 1. The maximum Gasteiger partial charge on any atom is 0.321 e. The first-order valence-electron chi connectivity index (χ1n) is 7.63. The van der Waals surface area contributed by atoms with Crippen molar-refractivity contribution in [2.75, 3.05) is 23.7 Å². The van der Waals surface area contributed by atoms with Crippen molar-refractivity contribution < 1.29 is 9.59 Å². The summed E-state index contributed by atoms with van der Waals surface area (Å²) in [5, 5.41) is 8.71. The summed E-state index contributed by atoms with van der Waals surface area (Å²) >= 11 is 7.22. The van der Waals surface area contributed by atoms with Gasteiger partial charge in [-0.3, -0.25) is 4.79 Å². The zero-order chi connectivity index (χ0) is 16.9. The highest BCUT2D eigenvalue weighted by Gasteiger charge is 2.27. The fraction of sp³-hybridized carbons (Fsp3) is 0.312. The molecule has 0 radical (unpaired) electrons. The number of thiazole rings is 1. The van der Waals surface area contributed by atoms with Gasteiger partial charge in [0.05, 0.1) is 0 Å². The molecule has 3 amide bonds. The molecule has 0 unspecified atom stereocenters. The van der Waals surface area contributed by atoms with Crippen LogP contribution in [0.3, 0.4) is 0 Å². The first kappa shape index (κ1) is 16.7. The molecule has 3 rings (SSSR count). The van der Waals surface area contributed by atoms with Crippen molar-refractivity contribution in [3.63, 3.8) is 0 Å². The fourth-order valence-electron chi connectivity index (χ4n) is 2.57. The van der Waals surface area contributed by atoms with Crippen molar-refractivity contribution in [2.24, 2.45) is 5.92 Å². The van der Waals surface area contributed by atoms with Gasteiger partial charge in [0.1, 0.15) is 0 Å². The van der Waals surface area contributed by atoms with Crippen LogP contribution in [0.1, 0.15) is 12.8 Å². The highest BCUT2D eigenvalue weighted by molar-refractivity contribution is 7.13. The number of nitrogens with zero attached hydrogens (tertiary/aromatic N) is 2. The molecule has 2 aromatic rings. The summed E-state index contributed by atoms with van der Waals surface area (Å²) in [5.74, 6) is -0.115. The number of piperidine rings is 1. The van der Waals surface area contributed by atoms with Crippen LogP contribution in [0.25, 0.3) is 0 Å². The summed E-state index contributed by atoms with van der Waals surface area (Å²) in [6.07, 6.45) is 2.94. The molecule has 2 heterocycles. The van der Waals surface area contributed by atoms with E-state index < -0.39 is 0 Å². The van der Waals surface area contributed by atoms with E-state index in [-0.39, 0.29) is 17.9 Å². The second kappa shape index (κ2) is 7.63. The van der Waals surface area contributed by atoms with Gasteiger partial charge >= 0.3 is 6.03 Å². The Bertz CT molecular complexity index is 697. The highest BCUT2D eigenvalue weighted by Crippen LogP contribution is 2.21. The molecule has 0 bridgehead atoms. The molecule has 1 fully saturated rings. The monoisotopic (exact) mass is 364 g/mol. The number of amides is 3. The predicted molar refractivity (Wildman–Crippen MR) is 95.5 cm³/mol. The quantitative estimate of drug-likeness (QED) is 0.872. The number of anilines is 2. The molecule has 0 aliphatic carbocycles. The van der Waals surface area contributed by atoms with Crippen LogP contribution < -0.4 is 10.6 Å². The van der Waals surface area contributed by atoms with Crippen LogP contribution in [0.5, 0.6) is 0 Å². The largest absolute Gasteiger partial charge is 0.324 e. The van der Waals surface area contributed by atoms with Crippen molar-refractivity contribution in [2.45, 2.75) is 12.8 Å². The zero-order valence-electron chi connectivity index (χ0n) is 12.9. The SMILES string of the molecule is O=C(Nc1nccs1)C1CCN(C(=O)Nc2ccc(Cl)cc2)CC1. The minimum atomic E-state index is -0.156. The maximum atomic E-state index is 12.3. The number of urea groups is 1. The van der Waals surface area contributed by atoms with E-state index >= 15 is 0 Å². The molecule has 2 N–H and O–H groups in total. The molecular formula is C16H17ClN4O2S. The van der Waals surface area contributed by atoms with E-state index in [0.29, 0.717) is 41.8 Å². The predicted octanol–water partition coefficient (Wildman–Crippen LogP) is 3.68. The molecule has 1 saturated heterocycles. The fourth-order valence-corrected chi connectivity index (χ4v) is 3.23. The first-order chi connectivity index (χ1) is 11.6. The number of carbonyl (C=O) groups is 2. The van der Waals surface area contributed by atoms with Gasteiger partial charge in [0, 0.05) is 41.3 Å². The van der Waals surface area contributed by atoms with Crippen LogP contribution in [0, 0.1) is 5.92 Å². The van der Waals surface area contributed by atoms with Crippen molar-refractivity contribution in [1.29, 1.82) is 0 Å². The molecule has 6 nitrogen and oxygen atoms in total. The van der Waals surface area contributed by atoms with E-state index in [1.54, 1.807) is 35.4 Å². The van der Waals surface area contributed by atoms with Gasteiger partial charge in [0.2, 0.25) is 5.91 Å². The van der Waals surface area contributed by atoms with Crippen LogP contribution in [0.4, 0.5) is 15.6 Å². The van der Waals surface area contributed by atoms with Crippen molar-refractivity contribution in [3.8, 4) is 0 Å². The number of carbonyl (C=O) groups excluding carboxylic acids is 2. The Morgan fingerprint density at radius 2 is 1.88 bits per heavy atom. The van der Waals surface area contributed by atoms with Crippen molar-refractivity contribution in [3.05, 3.63) is 40.9 Å². The Morgan fingerprint density at radius 1 is 1.17 bits per heavy atom. The third-order valence-corrected chi connectivity index (χ3v) is 4.85. The molecule has 1 aliphatic rings. The summed E-state index contributed by atoms with van der Waals surface area (Å²) in [7, 11) is 0. The van der Waals surface area contributed by atoms with Gasteiger partial charge in [-0.2, -0.15) is 0 Å². The summed E-state index contributed by atoms with van der Waals surface area (Å²) in [6, 6.07) is 6.82. The smallest absolute Gasteiger partial charge is 0.321 e. The van der Waals surface area contributed by atoms with E-state index in [1.165, 1.54) is 11.3 Å². The second-order valence-corrected chi connectivity index (χ2v) is 6.86. The number of hydrogen-bond donors (Lipinski definition) is 2. The molecule has 8 heteroatoms. The zero-order valence-corrected chi connectivity index (χ0v) is 14.4.